The number of hydrogen-bond acceptors (Lipinski definition) is 3. The van der Waals surface area contributed by atoms with Gasteiger partial charge in [0, 0.05) is 24.0 Å². The molecule has 0 saturated heterocycles. The number of imidazole rings is 1. The van der Waals surface area contributed by atoms with Gasteiger partial charge in [-0.05, 0) is 25.1 Å². The molecule has 100 valence electrons. The largest absolute Gasteiger partial charge is 0.496 e. The molecular weight excluding hydrogens is 264 g/mol. The van der Waals surface area contributed by atoms with E-state index in [-0.39, 0.29) is 12.2 Å². The Balaban J connectivity index is 2.27. The van der Waals surface area contributed by atoms with Crippen LogP contribution in [0.3, 0.4) is 0 Å². The molecule has 0 amide bonds. The van der Waals surface area contributed by atoms with Gasteiger partial charge in [-0.25, -0.2) is 4.98 Å². The maximum absolute atomic E-state index is 12.3. The topological polar surface area (TPSA) is 44.1 Å². The summed E-state index contributed by atoms with van der Waals surface area (Å²) in [5.74, 6) is 1.22. The Morgan fingerprint density at radius 2 is 2.26 bits per heavy atom. The van der Waals surface area contributed by atoms with Gasteiger partial charge < -0.3 is 9.30 Å². The van der Waals surface area contributed by atoms with Crippen molar-refractivity contribution in [2.45, 2.75) is 19.9 Å². The van der Waals surface area contributed by atoms with Gasteiger partial charge in [-0.1, -0.05) is 11.6 Å². The van der Waals surface area contributed by atoms with Gasteiger partial charge in [-0.2, -0.15) is 0 Å². The molecule has 0 aliphatic carbocycles. The maximum Gasteiger partial charge on any atom is 0.174 e. The number of carbonyl (C=O) groups excluding carboxylic acids is 1. The van der Waals surface area contributed by atoms with Crippen LogP contribution >= 0.6 is 11.6 Å². The summed E-state index contributed by atoms with van der Waals surface area (Å²) >= 11 is 5.93. The molecule has 0 atom stereocenters. The summed E-state index contributed by atoms with van der Waals surface area (Å²) in [4.78, 5) is 16.5. The number of ketones is 1. The quantitative estimate of drug-likeness (QED) is 0.790. The Bertz CT molecular complexity index is 593. The van der Waals surface area contributed by atoms with Crippen LogP contribution in [0.25, 0.3) is 0 Å². The SMILES string of the molecule is CCn1ccnc1CC(=O)c1cc(Cl)ccc1OC. The van der Waals surface area contributed by atoms with Crippen molar-refractivity contribution in [3.05, 3.63) is 47.0 Å². The predicted molar refractivity (Wildman–Crippen MR) is 73.9 cm³/mol. The molecular formula is C14H15ClN2O2. The molecule has 0 saturated carbocycles. The van der Waals surface area contributed by atoms with Crippen LogP contribution in [0.4, 0.5) is 0 Å². The number of nitrogens with zero attached hydrogens (tertiary/aromatic N) is 2. The second kappa shape index (κ2) is 5.89. The van der Waals surface area contributed by atoms with E-state index < -0.39 is 0 Å². The van der Waals surface area contributed by atoms with Crippen molar-refractivity contribution in [1.82, 2.24) is 9.55 Å². The molecule has 1 heterocycles. The van der Waals surface area contributed by atoms with Crippen LogP contribution in [-0.4, -0.2) is 22.4 Å². The highest BCUT2D eigenvalue weighted by Crippen LogP contribution is 2.24. The first-order chi connectivity index (χ1) is 9.15. The number of aromatic nitrogens is 2. The molecule has 0 bridgehead atoms. The molecule has 0 radical (unpaired) electrons. The number of carbonyl (C=O) groups is 1. The normalized spacial score (nSPS) is 10.5. The zero-order valence-corrected chi connectivity index (χ0v) is 11.6. The zero-order chi connectivity index (χ0) is 13.8. The van der Waals surface area contributed by atoms with Gasteiger partial charge in [0.25, 0.3) is 0 Å². The standard InChI is InChI=1S/C14H15ClN2O2/c1-3-17-7-6-16-14(17)9-12(18)11-8-10(15)4-5-13(11)19-2/h4-8H,3,9H2,1-2H3. The molecule has 2 rings (SSSR count). The van der Waals surface area contributed by atoms with E-state index in [1.807, 2.05) is 17.7 Å². The number of hydrogen-bond donors (Lipinski definition) is 0. The number of rotatable bonds is 5. The lowest BCUT2D eigenvalue weighted by Crippen LogP contribution is -2.10. The first-order valence-electron chi connectivity index (χ1n) is 6.02. The summed E-state index contributed by atoms with van der Waals surface area (Å²) in [6, 6.07) is 5.02. The van der Waals surface area contributed by atoms with E-state index in [0.29, 0.717) is 16.3 Å². The van der Waals surface area contributed by atoms with Crippen molar-refractivity contribution in [2.75, 3.05) is 7.11 Å². The van der Waals surface area contributed by atoms with Gasteiger partial charge in [0.1, 0.15) is 11.6 Å². The smallest absolute Gasteiger partial charge is 0.174 e. The molecule has 0 aliphatic heterocycles. The van der Waals surface area contributed by atoms with Gasteiger partial charge in [-0.3, -0.25) is 4.79 Å². The third-order valence-corrected chi connectivity index (χ3v) is 3.16. The monoisotopic (exact) mass is 278 g/mol. The fourth-order valence-electron chi connectivity index (χ4n) is 1.93. The molecule has 5 heteroatoms. The van der Waals surface area contributed by atoms with Crippen LogP contribution in [0.2, 0.25) is 5.02 Å². The van der Waals surface area contributed by atoms with Crippen LogP contribution < -0.4 is 4.74 Å². The second-order valence-corrected chi connectivity index (χ2v) is 4.51. The predicted octanol–water partition coefficient (Wildman–Crippen LogP) is 2.99. The molecule has 0 fully saturated rings. The van der Waals surface area contributed by atoms with E-state index in [9.17, 15) is 4.79 Å². The molecule has 19 heavy (non-hydrogen) atoms. The lowest BCUT2D eigenvalue weighted by Gasteiger charge is -2.08. The van der Waals surface area contributed by atoms with E-state index in [0.717, 1.165) is 12.4 Å². The van der Waals surface area contributed by atoms with Gasteiger partial charge in [0.15, 0.2) is 5.78 Å². The number of benzene rings is 1. The van der Waals surface area contributed by atoms with Crippen LogP contribution in [0, 0.1) is 0 Å². The van der Waals surface area contributed by atoms with Gasteiger partial charge in [-0.15, -0.1) is 0 Å². The van der Waals surface area contributed by atoms with Crippen molar-refractivity contribution in [2.24, 2.45) is 0 Å². The van der Waals surface area contributed by atoms with E-state index in [1.54, 1.807) is 24.4 Å². The van der Waals surface area contributed by atoms with Crippen LogP contribution in [0.5, 0.6) is 5.75 Å². The van der Waals surface area contributed by atoms with Gasteiger partial charge in [0.2, 0.25) is 0 Å². The Hall–Kier alpha value is -1.81. The average molecular weight is 279 g/mol. The molecule has 0 spiro atoms. The second-order valence-electron chi connectivity index (χ2n) is 4.07. The molecule has 1 aromatic heterocycles. The summed E-state index contributed by atoms with van der Waals surface area (Å²) in [7, 11) is 1.53. The Morgan fingerprint density at radius 3 is 2.95 bits per heavy atom. The third-order valence-electron chi connectivity index (χ3n) is 2.92. The van der Waals surface area contributed by atoms with E-state index in [2.05, 4.69) is 4.98 Å². The minimum Gasteiger partial charge on any atom is -0.496 e. The molecule has 0 aliphatic rings. The first kappa shape index (κ1) is 13.6. The van der Waals surface area contributed by atoms with E-state index in [1.165, 1.54) is 7.11 Å². The number of ether oxygens (including phenoxy) is 1. The minimum absolute atomic E-state index is 0.0553. The highest BCUT2D eigenvalue weighted by molar-refractivity contribution is 6.31. The molecule has 0 unspecified atom stereocenters. The third kappa shape index (κ3) is 2.96. The summed E-state index contributed by atoms with van der Waals surface area (Å²) < 4.78 is 7.13. The summed E-state index contributed by atoms with van der Waals surface area (Å²) in [6.45, 7) is 2.80. The minimum atomic E-state index is -0.0553. The number of methoxy groups -OCH3 is 1. The Labute approximate surface area is 117 Å². The average Bonchev–Trinajstić information content (AvgIpc) is 2.85. The van der Waals surface area contributed by atoms with E-state index >= 15 is 0 Å². The van der Waals surface area contributed by atoms with Crippen molar-refractivity contribution in [3.63, 3.8) is 0 Å². The maximum atomic E-state index is 12.3. The Morgan fingerprint density at radius 1 is 1.47 bits per heavy atom. The Kier molecular flexibility index (Phi) is 4.22. The zero-order valence-electron chi connectivity index (χ0n) is 10.9. The van der Waals surface area contributed by atoms with Crippen molar-refractivity contribution in [1.29, 1.82) is 0 Å². The highest BCUT2D eigenvalue weighted by Gasteiger charge is 2.15. The lowest BCUT2D eigenvalue weighted by atomic mass is 10.1. The fourth-order valence-corrected chi connectivity index (χ4v) is 2.10. The number of aryl methyl sites for hydroxylation is 1. The van der Waals surface area contributed by atoms with Crippen LogP contribution in [0.1, 0.15) is 23.1 Å². The first-order valence-corrected chi connectivity index (χ1v) is 6.40. The fraction of sp³-hybridized carbons (Fsp3) is 0.286. The molecule has 0 N–H and O–H groups in total. The van der Waals surface area contributed by atoms with E-state index in [4.69, 9.17) is 16.3 Å². The van der Waals surface area contributed by atoms with Crippen molar-refractivity contribution >= 4 is 17.4 Å². The summed E-state index contributed by atoms with van der Waals surface area (Å²) in [5, 5.41) is 0.517. The van der Waals surface area contributed by atoms with Crippen molar-refractivity contribution < 1.29 is 9.53 Å². The molecule has 4 nitrogen and oxygen atoms in total. The van der Waals surface area contributed by atoms with Gasteiger partial charge >= 0.3 is 0 Å². The summed E-state index contributed by atoms with van der Waals surface area (Å²) in [6.07, 6.45) is 3.79. The summed E-state index contributed by atoms with van der Waals surface area (Å²) in [5.41, 5.74) is 0.487. The van der Waals surface area contributed by atoms with Gasteiger partial charge in [0.05, 0.1) is 19.1 Å². The number of halogens is 1. The van der Waals surface area contributed by atoms with Crippen LogP contribution in [-0.2, 0) is 13.0 Å². The lowest BCUT2D eigenvalue weighted by molar-refractivity contribution is 0.0987. The van der Waals surface area contributed by atoms with Crippen LogP contribution in [0.15, 0.2) is 30.6 Å². The molecule has 1 aromatic carbocycles. The molecule has 2 aromatic rings. The highest BCUT2D eigenvalue weighted by atomic mass is 35.5. The number of Topliss-reactive ketones (excluding diaryl/α,β-unsaturated/α-hetero) is 1. The van der Waals surface area contributed by atoms with Crippen molar-refractivity contribution in [3.8, 4) is 5.75 Å².